The largest absolute Gasteiger partial charge is 0.309 e. The Kier molecular flexibility index (Phi) is 11.4. The molecule has 11 aromatic rings. The molecule has 3 aromatic heterocycles. The SMILES string of the molecule is [C-]#[N+]c1ccc(-n2c3ccc(C(C)(C)C)cc3c3cc(C(C)(C)C)ccc32)cc1-c1cc(-c2nc(-c3ccccc3)nc(-c3ccccc3)n2)ccc1-n1c2ccc(C(C)(C)C)cc2c2cc(C(C)(C)C)ccc21. The molecule has 0 atom stereocenters. The highest BCUT2D eigenvalue weighted by Crippen LogP contribution is 2.45. The molecule has 0 amide bonds. The van der Waals surface area contributed by atoms with Crippen molar-refractivity contribution in [3.05, 3.63) is 204 Å². The summed E-state index contributed by atoms with van der Waals surface area (Å²) < 4.78 is 4.79. The van der Waals surface area contributed by atoms with Gasteiger partial charge in [-0.15, -0.1) is 0 Å². The van der Waals surface area contributed by atoms with E-state index in [-0.39, 0.29) is 21.7 Å². The van der Waals surface area contributed by atoms with Gasteiger partial charge in [0, 0.05) is 43.9 Å². The summed E-state index contributed by atoms with van der Waals surface area (Å²) in [4.78, 5) is 19.8. The van der Waals surface area contributed by atoms with Crippen molar-refractivity contribution in [2.45, 2.75) is 105 Å². The molecule has 0 radical (unpaired) electrons. The zero-order valence-corrected chi connectivity index (χ0v) is 44.8. The quantitative estimate of drug-likeness (QED) is 0.156. The van der Waals surface area contributed by atoms with Crippen molar-refractivity contribution in [1.29, 1.82) is 0 Å². The lowest BCUT2D eigenvalue weighted by molar-refractivity contribution is 0.590. The van der Waals surface area contributed by atoms with E-state index < -0.39 is 0 Å². The summed E-state index contributed by atoms with van der Waals surface area (Å²) in [6, 6.07) is 60.9. The van der Waals surface area contributed by atoms with Crippen molar-refractivity contribution in [2.75, 3.05) is 0 Å². The van der Waals surface area contributed by atoms with Crippen LogP contribution in [0, 0.1) is 6.57 Å². The summed E-state index contributed by atoms with van der Waals surface area (Å²) in [5.41, 5.74) is 16.2. The van der Waals surface area contributed by atoms with Gasteiger partial charge in [-0.05, 0) is 134 Å². The van der Waals surface area contributed by atoms with E-state index in [1.807, 2.05) is 66.7 Å². The van der Waals surface area contributed by atoms with Crippen molar-refractivity contribution < 1.29 is 0 Å². The number of hydrogen-bond acceptors (Lipinski definition) is 3. The first-order chi connectivity index (χ1) is 35.2. The first kappa shape index (κ1) is 48.1. The Morgan fingerprint density at radius 3 is 1.11 bits per heavy atom. The molecule has 0 aliphatic rings. The highest BCUT2D eigenvalue weighted by molar-refractivity contribution is 6.12. The van der Waals surface area contributed by atoms with E-state index in [0.29, 0.717) is 23.2 Å². The van der Waals surface area contributed by atoms with E-state index in [4.69, 9.17) is 21.5 Å². The van der Waals surface area contributed by atoms with Crippen LogP contribution in [0.25, 0.3) is 105 Å². The summed E-state index contributed by atoms with van der Waals surface area (Å²) in [7, 11) is 0. The van der Waals surface area contributed by atoms with Gasteiger partial charge in [0.2, 0.25) is 0 Å². The summed E-state index contributed by atoms with van der Waals surface area (Å²) in [5, 5.41) is 4.81. The molecule has 11 rings (SSSR count). The lowest BCUT2D eigenvalue weighted by Crippen LogP contribution is -2.10. The first-order valence-electron chi connectivity index (χ1n) is 25.9. The Morgan fingerprint density at radius 2 is 0.730 bits per heavy atom. The van der Waals surface area contributed by atoms with Crippen molar-refractivity contribution in [2.24, 2.45) is 0 Å². The van der Waals surface area contributed by atoms with Crippen LogP contribution in [0.15, 0.2) is 170 Å². The maximum absolute atomic E-state index is 8.82. The molecule has 3 heterocycles. The van der Waals surface area contributed by atoms with Crippen LogP contribution in [0.2, 0.25) is 0 Å². The molecule has 0 bridgehead atoms. The summed E-state index contributed by atoms with van der Waals surface area (Å²) in [5.74, 6) is 1.72. The minimum absolute atomic E-state index is 0.0339. The van der Waals surface area contributed by atoms with Crippen molar-refractivity contribution in [1.82, 2.24) is 24.1 Å². The van der Waals surface area contributed by atoms with Crippen LogP contribution in [-0.2, 0) is 21.7 Å². The van der Waals surface area contributed by atoms with Gasteiger partial charge in [0.25, 0.3) is 0 Å². The molecule has 6 heteroatoms. The number of hydrogen-bond donors (Lipinski definition) is 0. The molecule has 0 N–H and O–H groups in total. The molecule has 6 nitrogen and oxygen atoms in total. The van der Waals surface area contributed by atoms with Crippen LogP contribution in [0.5, 0.6) is 0 Å². The minimum atomic E-state index is -0.0563. The maximum Gasteiger partial charge on any atom is 0.195 e. The van der Waals surface area contributed by atoms with Gasteiger partial charge >= 0.3 is 0 Å². The molecule has 0 spiro atoms. The second-order valence-corrected chi connectivity index (χ2v) is 24.2. The highest BCUT2D eigenvalue weighted by atomic mass is 15.0. The average Bonchev–Trinajstić information content (AvgIpc) is 3.90. The van der Waals surface area contributed by atoms with E-state index in [0.717, 1.165) is 61.3 Å². The number of benzene rings is 8. The van der Waals surface area contributed by atoms with Gasteiger partial charge in [-0.1, -0.05) is 174 Å². The second kappa shape index (κ2) is 17.5. The fraction of sp³-hybridized carbons (Fsp3) is 0.235. The van der Waals surface area contributed by atoms with Crippen molar-refractivity contribution in [3.8, 4) is 56.7 Å². The predicted octanol–water partition coefficient (Wildman–Crippen LogP) is 18.5. The lowest BCUT2D eigenvalue weighted by Gasteiger charge is -2.20. The second-order valence-electron chi connectivity index (χ2n) is 24.2. The Balaban J connectivity index is 1.23. The minimum Gasteiger partial charge on any atom is -0.309 e. The maximum atomic E-state index is 8.82. The zero-order chi connectivity index (χ0) is 52.1. The fourth-order valence-electron chi connectivity index (χ4n) is 10.5. The standard InChI is InChI=1S/C68H64N6/c1-65(2,3)45-25-32-57-52(37-45)53-38-46(66(4,5)6)26-33-58(53)73(57)49-29-30-56(69-13)50(41-49)51-36-44(64-71-62(42-20-16-14-17-21-42)70-63(72-64)43-22-18-15-19-23-43)24-31-59(51)74-60-34-27-47(67(7,8)9)39-54(60)55-40-48(68(10,11)12)28-35-61(55)74/h14-41H,1-12H3. The van der Waals surface area contributed by atoms with Crippen molar-refractivity contribution >= 4 is 49.3 Å². The first-order valence-corrected chi connectivity index (χ1v) is 25.9. The third-order valence-corrected chi connectivity index (χ3v) is 14.8. The number of fused-ring (bicyclic) bond motifs is 6. The topological polar surface area (TPSA) is 52.9 Å². The molecule has 0 saturated carbocycles. The van der Waals surface area contributed by atoms with E-state index in [1.54, 1.807) is 0 Å². The lowest BCUT2D eigenvalue weighted by atomic mass is 9.85. The fourth-order valence-corrected chi connectivity index (χ4v) is 10.5. The Labute approximate surface area is 436 Å². The van der Waals surface area contributed by atoms with E-state index >= 15 is 0 Å². The van der Waals surface area contributed by atoms with Crippen LogP contribution >= 0.6 is 0 Å². The molecule has 0 aliphatic carbocycles. The molecule has 0 fully saturated rings. The smallest absolute Gasteiger partial charge is 0.195 e. The average molecular weight is 965 g/mol. The van der Waals surface area contributed by atoms with Crippen LogP contribution < -0.4 is 0 Å². The van der Waals surface area contributed by atoms with E-state index in [2.05, 4.69) is 200 Å². The van der Waals surface area contributed by atoms with Gasteiger partial charge in [0.15, 0.2) is 23.2 Å². The Morgan fingerprint density at radius 1 is 0.351 bits per heavy atom. The van der Waals surface area contributed by atoms with Gasteiger partial charge < -0.3 is 9.13 Å². The zero-order valence-electron chi connectivity index (χ0n) is 44.8. The highest BCUT2D eigenvalue weighted by Gasteiger charge is 2.26. The van der Waals surface area contributed by atoms with Gasteiger partial charge in [0.1, 0.15) is 0 Å². The third kappa shape index (κ3) is 8.54. The summed E-state index contributed by atoms with van der Waals surface area (Å²) in [6.45, 7) is 36.2. The molecule has 0 aliphatic heterocycles. The Bertz CT molecular complexity index is 3840. The van der Waals surface area contributed by atoms with Gasteiger partial charge in [0.05, 0.1) is 34.3 Å². The van der Waals surface area contributed by atoms with Gasteiger partial charge in [-0.25, -0.2) is 19.8 Å². The molecule has 366 valence electrons. The van der Waals surface area contributed by atoms with Gasteiger partial charge in [-0.3, -0.25) is 0 Å². The van der Waals surface area contributed by atoms with E-state index in [1.165, 1.54) is 43.8 Å². The van der Waals surface area contributed by atoms with Crippen LogP contribution in [-0.4, -0.2) is 24.1 Å². The third-order valence-electron chi connectivity index (χ3n) is 14.8. The monoisotopic (exact) mass is 965 g/mol. The Hall–Kier alpha value is -8.14. The van der Waals surface area contributed by atoms with Crippen LogP contribution in [0.1, 0.15) is 105 Å². The molecule has 0 unspecified atom stereocenters. The predicted molar refractivity (Wildman–Crippen MR) is 311 cm³/mol. The normalized spacial score (nSPS) is 12.6. The van der Waals surface area contributed by atoms with E-state index in [9.17, 15) is 0 Å². The molecule has 0 saturated heterocycles. The van der Waals surface area contributed by atoms with Crippen LogP contribution in [0.3, 0.4) is 0 Å². The molecule has 8 aromatic carbocycles. The number of aromatic nitrogens is 5. The number of nitrogens with zero attached hydrogens (tertiary/aromatic N) is 6. The summed E-state index contributed by atoms with van der Waals surface area (Å²) in [6.07, 6.45) is 0. The summed E-state index contributed by atoms with van der Waals surface area (Å²) >= 11 is 0. The number of rotatable bonds is 6. The van der Waals surface area contributed by atoms with Crippen molar-refractivity contribution in [3.63, 3.8) is 0 Å². The molecular weight excluding hydrogens is 901 g/mol. The van der Waals surface area contributed by atoms with Crippen LogP contribution in [0.4, 0.5) is 5.69 Å². The molecule has 74 heavy (non-hydrogen) atoms. The molecular formula is C68H64N6. The van der Waals surface area contributed by atoms with Gasteiger partial charge in [-0.2, -0.15) is 0 Å².